The van der Waals surface area contributed by atoms with Crippen LogP contribution in [0.25, 0.3) is 5.69 Å². The summed E-state index contributed by atoms with van der Waals surface area (Å²) in [4.78, 5) is 0. The summed E-state index contributed by atoms with van der Waals surface area (Å²) < 4.78 is 8.91. The lowest BCUT2D eigenvalue weighted by Crippen LogP contribution is -2.03. The van der Waals surface area contributed by atoms with E-state index in [0.29, 0.717) is 6.54 Å². The Labute approximate surface area is 142 Å². The number of rotatable bonds is 6. The lowest BCUT2D eigenvalue weighted by Gasteiger charge is -2.05. The molecule has 0 atom stereocenters. The third-order valence-electron chi connectivity index (χ3n) is 3.46. The van der Waals surface area contributed by atoms with Gasteiger partial charge in [-0.25, -0.2) is 9.36 Å². The number of thioether (sulfide) groups is 1. The fraction of sp³-hybridized carbons (Fsp3) is 0.125. The molecule has 0 fully saturated rings. The van der Waals surface area contributed by atoms with Gasteiger partial charge in [-0.3, -0.25) is 0 Å². The number of hydrogen-bond donors (Lipinski definition) is 0. The highest BCUT2D eigenvalue weighted by atomic mass is 32.2. The van der Waals surface area contributed by atoms with Crippen LogP contribution in [0.15, 0.2) is 70.7 Å². The largest absolute Gasteiger partial charge is 0.467 e. The molecule has 0 unspecified atom stereocenters. The first kappa shape index (κ1) is 14.7. The molecule has 1 aromatic carbocycles. The first-order valence-corrected chi connectivity index (χ1v) is 8.37. The van der Waals surface area contributed by atoms with Crippen molar-refractivity contribution in [3.8, 4) is 5.69 Å². The zero-order chi connectivity index (χ0) is 16.2. The molecule has 3 aromatic heterocycles. The van der Waals surface area contributed by atoms with Crippen molar-refractivity contribution in [3.05, 3.63) is 72.4 Å². The van der Waals surface area contributed by atoms with E-state index in [1.165, 1.54) is 5.56 Å². The minimum Gasteiger partial charge on any atom is -0.467 e. The topological polar surface area (TPSA) is 74.6 Å². The number of furan rings is 1. The summed E-state index contributed by atoms with van der Waals surface area (Å²) in [5.74, 6) is 1.62. The molecule has 3 heterocycles. The maximum Gasteiger partial charge on any atom is 0.210 e. The highest BCUT2D eigenvalue weighted by molar-refractivity contribution is 7.98. The second kappa shape index (κ2) is 6.71. The lowest BCUT2D eigenvalue weighted by atomic mass is 10.2. The Hall–Kier alpha value is -2.87. The number of tetrazole rings is 1. The van der Waals surface area contributed by atoms with Crippen LogP contribution in [0.1, 0.15) is 11.3 Å². The van der Waals surface area contributed by atoms with E-state index < -0.39 is 0 Å². The Bertz CT molecular complexity index is 883. The second-order valence-electron chi connectivity index (χ2n) is 5.10. The summed E-state index contributed by atoms with van der Waals surface area (Å²) in [6.45, 7) is 0.528. The minimum atomic E-state index is 0.528. The quantitative estimate of drug-likeness (QED) is 0.503. The van der Waals surface area contributed by atoms with Gasteiger partial charge >= 0.3 is 0 Å². The molecule has 0 aliphatic carbocycles. The number of benzene rings is 1. The van der Waals surface area contributed by atoms with Crippen LogP contribution in [0.5, 0.6) is 0 Å². The summed E-state index contributed by atoms with van der Waals surface area (Å²) in [6, 6.07) is 13.9. The maximum absolute atomic E-state index is 5.34. The molecule has 0 saturated carbocycles. The van der Waals surface area contributed by atoms with Gasteiger partial charge in [-0.1, -0.05) is 23.9 Å². The number of nitrogens with zero attached hydrogens (tertiary/aromatic N) is 6. The molecular weight excluding hydrogens is 324 g/mol. The van der Waals surface area contributed by atoms with Gasteiger partial charge in [-0.05, 0) is 46.3 Å². The molecule has 7 nitrogen and oxygen atoms in total. The smallest absolute Gasteiger partial charge is 0.210 e. The Morgan fingerprint density at radius 2 is 2.00 bits per heavy atom. The van der Waals surface area contributed by atoms with Gasteiger partial charge in [0, 0.05) is 18.1 Å². The van der Waals surface area contributed by atoms with Crippen LogP contribution in [0.2, 0.25) is 0 Å². The summed E-state index contributed by atoms with van der Waals surface area (Å²) in [5.41, 5.74) is 2.24. The molecule has 0 radical (unpaired) electrons. The highest BCUT2D eigenvalue weighted by Crippen LogP contribution is 2.21. The Morgan fingerprint density at radius 1 is 1.08 bits per heavy atom. The van der Waals surface area contributed by atoms with Crippen LogP contribution >= 0.6 is 11.8 Å². The first-order chi connectivity index (χ1) is 11.9. The molecule has 0 amide bonds. The van der Waals surface area contributed by atoms with Crippen LogP contribution < -0.4 is 0 Å². The molecule has 4 aromatic rings. The predicted molar refractivity (Wildman–Crippen MR) is 88.8 cm³/mol. The summed E-state index contributed by atoms with van der Waals surface area (Å²) in [7, 11) is 0. The van der Waals surface area contributed by atoms with Gasteiger partial charge in [0.1, 0.15) is 12.3 Å². The Kier molecular flexibility index (Phi) is 4.11. The van der Waals surface area contributed by atoms with Crippen molar-refractivity contribution in [2.24, 2.45) is 0 Å². The van der Waals surface area contributed by atoms with Crippen LogP contribution in [0.3, 0.4) is 0 Å². The zero-order valence-corrected chi connectivity index (χ0v) is 13.5. The summed E-state index contributed by atoms with van der Waals surface area (Å²) in [5, 5.41) is 16.8. The van der Waals surface area contributed by atoms with Gasteiger partial charge in [0.2, 0.25) is 5.16 Å². The maximum atomic E-state index is 5.34. The van der Waals surface area contributed by atoms with Crippen LogP contribution in [0, 0.1) is 0 Å². The van der Waals surface area contributed by atoms with Crippen molar-refractivity contribution in [2.45, 2.75) is 17.5 Å². The summed E-state index contributed by atoms with van der Waals surface area (Å²) >= 11 is 1.59. The number of hydrogen-bond acceptors (Lipinski definition) is 6. The van der Waals surface area contributed by atoms with Gasteiger partial charge in [-0.15, -0.1) is 5.10 Å². The molecule has 0 aliphatic heterocycles. The molecule has 8 heteroatoms. The third kappa shape index (κ3) is 3.23. The second-order valence-corrected chi connectivity index (χ2v) is 6.05. The molecule has 0 N–H and O–H groups in total. The van der Waals surface area contributed by atoms with E-state index in [9.17, 15) is 0 Å². The molecule has 4 rings (SSSR count). The molecule has 0 saturated heterocycles. The standard InChI is InChI=1S/C16H14N6OS/c1-3-15(23-10-1)11-22-16(18-19-20-22)24-12-13-4-6-14(7-5-13)21-9-2-8-17-21/h1-10H,11-12H2. The van der Waals surface area contributed by atoms with Crippen LogP contribution in [-0.4, -0.2) is 30.0 Å². The molecule has 0 spiro atoms. The zero-order valence-electron chi connectivity index (χ0n) is 12.7. The van der Waals surface area contributed by atoms with Crippen molar-refractivity contribution in [2.75, 3.05) is 0 Å². The van der Waals surface area contributed by atoms with Crippen molar-refractivity contribution < 1.29 is 4.42 Å². The van der Waals surface area contributed by atoms with Crippen LogP contribution in [0.4, 0.5) is 0 Å². The van der Waals surface area contributed by atoms with E-state index in [4.69, 9.17) is 4.42 Å². The van der Waals surface area contributed by atoms with Crippen molar-refractivity contribution >= 4 is 11.8 Å². The van der Waals surface area contributed by atoms with Crippen LogP contribution in [-0.2, 0) is 12.3 Å². The van der Waals surface area contributed by atoms with E-state index in [1.807, 2.05) is 29.1 Å². The molecule has 24 heavy (non-hydrogen) atoms. The van der Waals surface area contributed by atoms with E-state index in [2.05, 4.69) is 44.9 Å². The van der Waals surface area contributed by atoms with Gasteiger partial charge in [0.05, 0.1) is 12.0 Å². The van der Waals surface area contributed by atoms with Crippen molar-refractivity contribution in [1.82, 2.24) is 30.0 Å². The van der Waals surface area contributed by atoms with Gasteiger partial charge < -0.3 is 4.42 Å². The van der Waals surface area contributed by atoms with E-state index in [1.54, 1.807) is 28.9 Å². The van der Waals surface area contributed by atoms with Gasteiger partial charge in [0.15, 0.2) is 0 Å². The Morgan fingerprint density at radius 3 is 2.75 bits per heavy atom. The Balaban J connectivity index is 1.41. The normalized spacial score (nSPS) is 11.0. The molecule has 0 aliphatic rings. The lowest BCUT2D eigenvalue weighted by molar-refractivity contribution is 0.462. The molecule has 0 bridgehead atoms. The summed E-state index contributed by atoms with van der Waals surface area (Å²) in [6.07, 6.45) is 5.34. The predicted octanol–water partition coefficient (Wildman–Crippen LogP) is 2.79. The fourth-order valence-electron chi connectivity index (χ4n) is 2.26. The molecular formula is C16H14N6OS. The SMILES string of the molecule is c1coc(Cn2nnnc2SCc2ccc(-n3cccn3)cc2)c1. The van der Waals surface area contributed by atoms with Crippen molar-refractivity contribution in [1.29, 1.82) is 0 Å². The first-order valence-electron chi connectivity index (χ1n) is 7.39. The van der Waals surface area contributed by atoms with Crippen molar-refractivity contribution in [3.63, 3.8) is 0 Å². The molecule has 120 valence electrons. The van der Waals surface area contributed by atoms with E-state index in [0.717, 1.165) is 22.4 Å². The van der Waals surface area contributed by atoms with Gasteiger partial charge in [-0.2, -0.15) is 5.10 Å². The number of aromatic nitrogens is 6. The van der Waals surface area contributed by atoms with Gasteiger partial charge in [0.25, 0.3) is 0 Å². The average Bonchev–Trinajstić information content (AvgIpc) is 3.37. The monoisotopic (exact) mass is 338 g/mol. The van der Waals surface area contributed by atoms with E-state index in [-0.39, 0.29) is 0 Å². The highest BCUT2D eigenvalue weighted by Gasteiger charge is 2.09. The van der Waals surface area contributed by atoms with E-state index >= 15 is 0 Å². The third-order valence-corrected chi connectivity index (χ3v) is 4.49. The fourth-order valence-corrected chi connectivity index (χ4v) is 3.10. The average molecular weight is 338 g/mol. The minimum absolute atomic E-state index is 0.528.